The smallest absolute Gasteiger partial charge is 0.271 e. The van der Waals surface area contributed by atoms with Crippen LogP contribution in [0.15, 0.2) is 27.5 Å². The molecule has 0 spiro atoms. The maximum atomic E-state index is 12.6. The molecule has 0 fully saturated rings. The molecule has 0 unspecified atom stereocenters. The summed E-state index contributed by atoms with van der Waals surface area (Å²) in [5, 5.41) is 29.7. The van der Waals surface area contributed by atoms with Gasteiger partial charge < -0.3 is 10.2 Å². The molecule has 158 valence electrons. The molecule has 2 heterocycles. The summed E-state index contributed by atoms with van der Waals surface area (Å²) in [4.78, 5) is 28.1. The number of aromatic nitrogens is 2. The van der Waals surface area contributed by atoms with Gasteiger partial charge in [-0.15, -0.1) is 5.73 Å². The van der Waals surface area contributed by atoms with E-state index in [0.717, 1.165) is 9.13 Å². The van der Waals surface area contributed by atoms with Gasteiger partial charge >= 0.3 is 0 Å². The standard InChI is InChI=1S/C23H22N4O4/c1-6-26-20(28)16(14(3)18(13-24)22(26)30)11-9-8-10-12-17-15(4)19(25-5)23(31)27(7-2)21(17)29/h8-9,11-12,28,31H,6-7H2,1-4H3. The first-order valence-electron chi connectivity index (χ1n) is 9.54. The Balaban J connectivity index is 2.54. The molecular formula is C23H22N4O4. The van der Waals surface area contributed by atoms with Gasteiger partial charge in [-0.3, -0.25) is 18.7 Å². The molecule has 0 bridgehead atoms. The Kier molecular flexibility index (Phi) is 7.05. The average molecular weight is 418 g/mol. The van der Waals surface area contributed by atoms with Gasteiger partial charge in [0, 0.05) is 24.2 Å². The lowest BCUT2D eigenvalue weighted by Gasteiger charge is -2.12. The van der Waals surface area contributed by atoms with Crippen LogP contribution in [0.25, 0.3) is 17.0 Å². The van der Waals surface area contributed by atoms with Crippen LogP contribution < -0.4 is 11.1 Å². The number of rotatable bonds is 5. The Labute approximate surface area is 179 Å². The van der Waals surface area contributed by atoms with Crippen LogP contribution in [0.4, 0.5) is 5.69 Å². The molecule has 0 atom stereocenters. The van der Waals surface area contributed by atoms with Crippen LogP contribution in [-0.2, 0) is 13.1 Å². The molecule has 2 aromatic rings. The van der Waals surface area contributed by atoms with Crippen molar-refractivity contribution < 1.29 is 10.2 Å². The van der Waals surface area contributed by atoms with Gasteiger partial charge in [0.2, 0.25) is 11.6 Å². The summed E-state index contributed by atoms with van der Waals surface area (Å²) >= 11 is 0. The number of nitrogens with zero attached hydrogens (tertiary/aromatic N) is 4. The van der Waals surface area contributed by atoms with E-state index < -0.39 is 11.1 Å². The van der Waals surface area contributed by atoms with Crippen LogP contribution in [0.1, 0.15) is 41.7 Å². The Bertz CT molecular complexity index is 1340. The maximum absolute atomic E-state index is 12.6. The SMILES string of the molecule is [C-]#[N+]c1c(C)c(C=C=CC=Cc2c(C)c(C#N)c(=O)n(CC)c2O)c(=O)n(CC)c1O. The number of allylic oxidation sites excluding steroid dienone is 2. The lowest BCUT2D eigenvalue weighted by Crippen LogP contribution is -2.24. The Morgan fingerprint density at radius 2 is 1.65 bits per heavy atom. The molecule has 0 aromatic carbocycles. The minimum atomic E-state index is -0.543. The highest BCUT2D eigenvalue weighted by molar-refractivity contribution is 5.68. The number of aromatic hydroxyl groups is 2. The molecule has 0 aliphatic carbocycles. The van der Waals surface area contributed by atoms with Gasteiger partial charge in [-0.1, -0.05) is 6.08 Å². The third-order valence-electron chi connectivity index (χ3n) is 4.98. The molecule has 0 radical (unpaired) electrons. The third kappa shape index (κ3) is 4.06. The van der Waals surface area contributed by atoms with Gasteiger partial charge in [0.15, 0.2) is 5.88 Å². The normalized spacial score (nSPS) is 10.4. The van der Waals surface area contributed by atoms with E-state index in [-0.39, 0.29) is 41.7 Å². The van der Waals surface area contributed by atoms with Crippen LogP contribution in [-0.4, -0.2) is 19.3 Å². The van der Waals surface area contributed by atoms with Crippen molar-refractivity contribution in [3.05, 3.63) is 77.8 Å². The van der Waals surface area contributed by atoms with Crippen molar-refractivity contribution in [3.8, 4) is 17.8 Å². The summed E-state index contributed by atoms with van der Waals surface area (Å²) in [6, 6.07) is 1.88. The summed E-state index contributed by atoms with van der Waals surface area (Å²) in [6.07, 6.45) is 6.00. The first-order chi connectivity index (χ1) is 14.7. The number of hydrogen-bond acceptors (Lipinski definition) is 5. The zero-order valence-corrected chi connectivity index (χ0v) is 17.7. The second-order valence-electron chi connectivity index (χ2n) is 6.61. The van der Waals surface area contributed by atoms with Gasteiger partial charge in [-0.05, 0) is 57.0 Å². The molecule has 2 rings (SSSR count). The highest BCUT2D eigenvalue weighted by Gasteiger charge is 2.17. The number of pyridine rings is 2. The lowest BCUT2D eigenvalue weighted by molar-refractivity contribution is 0.409. The topological polar surface area (TPSA) is 113 Å². The monoisotopic (exact) mass is 418 g/mol. The Morgan fingerprint density at radius 3 is 2.19 bits per heavy atom. The van der Waals surface area contributed by atoms with E-state index in [0.29, 0.717) is 16.7 Å². The summed E-state index contributed by atoms with van der Waals surface area (Å²) in [5.41, 5.74) is 3.12. The average Bonchev–Trinajstić information content (AvgIpc) is 2.73. The molecule has 0 saturated carbocycles. The summed E-state index contributed by atoms with van der Waals surface area (Å²) in [7, 11) is 0. The van der Waals surface area contributed by atoms with Crippen LogP contribution in [0.2, 0.25) is 0 Å². The molecule has 8 heteroatoms. The van der Waals surface area contributed by atoms with Crippen molar-refractivity contribution in [2.45, 2.75) is 40.8 Å². The lowest BCUT2D eigenvalue weighted by atomic mass is 10.0. The molecule has 0 aliphatic rings. The van der Waals surface area contributed by atoms with E-state index in [2.05, 4.69) is 10.6 Å². The van der Waals surface area contributed by atoms with Crippen molar-refractivity contribution in [2.75, 3.05) is 0 Å². The Morgan fingerprint density at radius 1 is 1.03 bits per heavy atom. The largest absolute Gasteiger partial charge is 0.503 e. The first-order valence-corrected chi connectivity index (χ1v) is 9.54. The van der Waals surface area contributed by atoms with Crippen molar-refractivity contribution in [2.24, 2.45) is 0 Å². The second kappa shape index (κ2) is 9.49. The molecule has 2 aromatic heterocycles. The van der Waals surface area contributed by atoms with Gasteiger partial charge in [-0.25, -0.2) is 4.85 Å². The van der Waals surface area contributed by atoms with E-state index >= 15 is 0 Å². The zero-order chi connectivity index (χ0) is 23.3. The fraction of sp³-hybridized carbons (Fsp3) is 0.261. The van der Waals surface area contributed by atoms with Crippen LogP contribution in [0, 0.1) is 31.8 Å². The van der Waals surface area contributed by atoms with Gasteiger partial charge in [0.25, 0.3) is 11.1 Å². The molecule has 0 amide bonds. The second-order valence-corrected chi connectivity index (χ2v) is 6.61. The summed E-state index contributed by atoms with van der Waals surface area (Å²) in [5.74, 6) is -0.592. The summed E-state index contributed by atoms with van der Waals surface area (Å²) < 4.78 is 2.23. The fourth-order valence-electron chi connectivity index (χ4n) is 3.22. The van der Waals surface area contributed by atoms with E-state index in [4.69, 9.17) is 6.57 Å². The van der Waals surface area contributed by atoms with Gasteiger partial charge in [-0.2, -0.15) is 5.26 Å². The predicted molar refractivity (Wildman–Crippen MR) is 118 cm³/mol. The van der Waals surface area contributed by atoms with Crippen LogP contribution >= 0.6 is 0 Å². The maximum Gasteiger partial charge on any atom is 0.271 e. The highest BCUT2D eigenvalue weighted by Crippen LogP contribution is 2.30. The molecule has 0 saturated heterocycles. The predicted octanol–water partition coefficient (Wildman–Crippen LogP) is 3.38. The Hall–Kier alpha value is -4.26. The molecule has 2 N–H and O–H groups in total. The van der Waals surface area contributed by atoms with E-state index in [1.807, 2.05) is 6.07 Å². The fourth-order valence-corrected chi connectivity index (χ4v) is 3.22. The first kappa shape index (κ1) is 23.0. The zero-order valence-electron chi connectivity index (χ0n) is 17.7. The van der Waals surface area contributed by atoms with Crippen molar-refractivity contribution >= 4 is 17.8 Å². The van der Waals surface area contributed by atoms with Crippen molar-refractivity contribution in [1.29, 1.82) is 5.26 Å². The summed E-state index contributed by atoms with van der Waals surface area (Å²) in [6.45, 7) is 14.2. The number of hydrogen-bond donors (Lipinski definition) is 2. The molecule has 31 heavy (non-hydrogen) atoms. The van der Waals surface area contributed by atoms with Gasteiger partial charge in [0.1, 0.15) is 11.6 Å². The third-order valence-corrected chi connectivity index (χ3v) is 4.98. The quantitative estimate of drug-likeness (QED) is 0.439. The van der Waals surface area contributed by atoms with E-state index in [1.165, 1.54) is 18.2 Å². The number of nitriles is 1. The molecule has 0 aliphatic heterocycles. The van der Waals surface area contributed by atoms with Crippen molar-refractivity contribution in [1.82, 2.24) is 9.13 Å². The van der Waals surface area contributed by atoms with Gasteiger partial charge in [0.05, 0.1) is 6.57 Å². The minimum Gasteiger partial charge on any atom is -0.503 e. The van der Waals surface area contributed by atoms with Crippen LogP contribution in [0.3, 0.4) is 0 Å². The highest BCUT2D eigenvalue weighted by atomic mass is 16.3. The minimum absolute atomic E-state index is 0.0106. The van der Waals surface area contributed by atoms with E-state index in [1.54, 1.807) is 33.8 Å². The van der Waals surface area contributed by atoms with Crippen LogP contribution in [0.5, 0.6) is 11.8 Å². The molecular weight excluding hydrogens is 396 g/mol. The molecule has 8 nitrogen and oxygen atoms in total. The van der Waals surface area contributed by atoms with Crippen molar-refractivity contribution in [3.63, 3.8) is 0 Å². The van der Waals surface area contributed by atoms with E-state index in [9.17, 15) is 25.1 Å².